The molecule has 3 rings (SSSR count). The lowest BCUT2D eigenvalue weighted by Crippen LogP contribution is -2.12. The van der Waals surface area contributed by atoms with E-state index in [0.717, 1.165) is 15.9 Å². The predicted octanol–water partition coefficient (Wildman–Crippen LogP) is 2.90. The lowest BCUT2D eigenvalue weighted by Gasteiger charge is -1.96. The van der Waals surface area contributed by atoms with Gasteiger partial charge in [0.2, 0.25) is 0 Å². The number of amides is 1. The fraction of sp³-hybridized carbons (Fsp3) is 0.214. The molecule has 0 aliphatic carbocycles. The molecule has 102 valence electrons. The summed E-state index contributed by atoms with van der Waals surface area (Å²) in [4.78, 5) is 16.5. The fourth-order valence-corrected chi connectivity index (χ4v) is 2.88. The van der Waals surface area contributed by atoms with Crippen LogP contribution < -0.4 is 5.32 Å². The van der Waals surface area contributed by atoms with E-state index in [1.807, 2.05) is 33.0 Å². The number of fused-ring (bicyclic) bond motifs is 1. The van der Waals surface area contributed by atoms with Gasteiger partial charge in [-0.2, -0.15) is 5.10 Å². The lowest BCUT2D eigenvalue weighted by molar-refractivity contribution is 0.102. The monoisotopic (exact) mass is 286 g/mol. The number of aryl methyl sites for hydroxylation is 3. The summed E-state index contributed by atoms with van der Waals surface area (Å²) in [6.45, 7) is 3.94. The number of aromatic nitrogens is 3. The molecule has 0 atom stereocenters. The van der Waals surface area contributed by atoms with Gasteiger partial charge in [0.1, 0.15) is 0 Å². The maximum Gasteiger partial charge on any atom is 0.277 e. The molecule has 1 amide bonds. The van der Waals surface area contributed by atoms with E-state index in [1.165, 1.54) is 16.9 Å². The van der Waals surface area contributed by atoms with Crippen LogP contribution in [0.25, 0.3) is 10.2 Å². The van der Waals surface area contributed by atoms with Crippen LogP contribution in [0, 0.1) is 13.8 Å². The number of nitrogens with one attached hydrogen (secondary N) is 1. The third-order valence-electron chi connectivity index (χ3n) is 3.11. The first-order chi connectivity index (χ1) is 9.52. The van der Waals surface area contributed by atoms with Crippen LogP contribution in [0.2, 0.25) is 0 Å². The second-order valence-corrected chi connectivity index (χ2v) is 5.77. The van der Waals surface area contributed by atoms with E-state index in [9.17, 15) is 4.79 Å². The first-order valence-electron chi connectivity index (χ1n) is 6.22. The van der Waals surface area contributed by atoms with Gasteiger partial charge in [-0.25, -0.2) is 4.98 Å². The number of thiazole rings is 1. The van der Waals surface area contributed by atoms with Crippen LogP contribution in [0.4, 0.5) is 5.13 Å². The highest BCUT2D eigenvalue weighted by Gasteiger charge is 2.13. The highest BCUT2D eigenvalue weighted by molar-refractivity contribution is 7.22. The molecule has 0 spiro atoms. The molecule has 20 heavy (non-hydrogen) atoms. The Morgan fingerprint density at radius 3 is 2.80 bits per heavy atom. The standard InChI is InChI=1S/C14H14N4OS/c1-8-4-5-10-12(6-8)20-14(15-10)16-13(19)11-7-9(2)18(3)17-11/h4-7H,1-3H3,(H,15,16,19). The summed E-state index contributed by atoms with van der Waals surface area (Å²) in [5.41, 5.74) is 3.42. The van der Waals surface area contributed by atoms with E-state index in [2.05, 4.69) is 21.5 Å². The molecule has 0 saturated heterocycles. The number of benzene rings is 1. The normalized spacial score (nSPS) is 10.9. The molecule has 1 aromatic carbocycles. The van der Waals surface area contributed by atoms with Crippen LogP contribution in [0.3, 0.4) is 0 Å². The van der Waals surface area contributed by atoms with Crippen molar-refractivity contribution in [3.8, 4) is 0 Å². The highest BCUT2D eigenvalue weighted by Crippen LogP contribution is 2.26. The smallest absolute Gasteiger partial charge is 0.277 e. The summed E-state index contributed by atoms with van der Waals surface area (Å²) in [6, 6.07) is 7.79. The number of rotatable bonds is 2. The Balaban J connectivity index is 1.87. The van der Waals surface area contributed by atoms with Crippen LogP contribution in [0.15, 0.2) is 24.3 Å². The van der Waals surface area contributed by atoms with Gasteiger partial charge < -0.3 is 0 Å². The largest absolute Gasteiger partial charge is 0.296 e. The van der Waals surface area contributed by atoms with E-state index in [4.69, 9.17) is 0 Å². The van der Waals surface area contributed by atoms with Crippen molar-refractivity contribution in [2.75, 3.05) is 5.32 Å². The van der Waals surface area contributed by atoms with Crippen molar-refractivity contribution < 1.29 is 4.79 Å². The highest BCUT2D eigenvalue weighted by atomic mass is 32.1. The number of hydrogen-bond acceptors (Lipinski definition) is 4. The molecule has 2 aromatic heterocycles. The fourth-order valence-electron chi connectivity index (χ4n) is 1.92. The zero-order chi connectivity index (χ0) is 14.3. The number of anilines is 1. The van der Waals surface area contributed by atoms with Crippen LogP contribution in [0.5, 0.6) is 0 Å². The van der Waals surface area contributed by atoms with E-state index >= 15 is 0 Å². The Morgan fingerprint density at radius 1 is 1.30 bits per heavy atom. The first kappa shape index (κ1) is 12.8. The zero-order valence-corrected chi connectivity index (χ0v) is 12.3. The van der Waals surface area contributed by atoms with Crippen molar-refractivity contribution in [1.29, 1.82) is 0 Å². The van der Waals surface area contributed by atoms with Gasteiger partial charge in [-0.05, 0) is 37.6 Å². The van der Waals surface area contributed by atoms with E-state index < -0.39 is 0 Å². The Labute approximate surface area is 120 Å². The van der Waals surface area contributed by atoms with Crippen molar-refractivity contribution in [3.05, 3.63) is 41.2 Å². The van der Waals surface area contributed by atoms with Crippen LogP contribution in [-0.2, 0) is 7.05 Å². The molecule has 0 radical (unpaired) electrons. The molecule has 6 heteroatoms. The summed E-state index contributed by atoms with van der Waals surface area (Å²) in [6.07, 6.45) is 0. The number of carbonyl (C=O) groups excluding carboxylic acids is 1. The molecule has 1 N–H and O–H groups in total. The van der Waals surface area contributed by atoms with Crippen LogP contribution in [-0.4, -0.2) is 20.7 Å². The van der Waals surface area contributed by atoms with Crippen molar-refractivity contribution in [2.24, 2.45) is 7.05 Å². The Bertz CT molecular complexity index is 783. The average molecular weight is 286 g/mol. The van der Waals surface area contributed by atoms with Gasteiger partial charge in [-0.3, -0.25) is 14.8 Å². The van der Waals surface area contributed by atoms with Gasteiger partial charge in [-0.1, -0.05) is 17.4 Å². The summed E-state index contributed by atoms with van der Waals surface area (Å²) in [5, 5.41) is 7.55. The Morgan fingerprint density at radius 2 is 2.10 bits per heavy atom. The Kier molecular flexibility index (Phi) is 3.02. The maximum atomic E-state index is 12.1. The molecule has 5 nitrogen and oxygen atoms in total. The zero-order valence-electron chi connectivity index (χ0n) is 11.5. The number of nitrogens with zero attached hydrogens (tertiary/aromatic N) is 3. The molecule has 0 unspecified atom stereocenters. The molecule has 0 aliphatic rings. The molecule has 0 fully saturated rings. The minimum atomic E-state index is -0.232. The number of hydrogen-bond donors (Lipinski definition) is 1. The van der Waals surface area contributed by atoms with Crippen LogP contribution in [0.1, 0.15) is 21.7 Å². The van der Waals surface area contributed by atoms with Crippen LogP contribution >= 0.6 is 11.3 Å². The number of carbonyl (C=O) groups is 1. The van der Waals surface area contributed by atoms with Gasteiger partial charge in [0.25, 0.3) is 5.91 Å². The van der Waals surface area contributed by atoms with Crippen molar-refractivity contribution in [1.82, 2.24) is 14.8 Å². The van der Waals surface area contributed by atoms with E-state index in [-0.39, 0.29) is 5.91 Å². The van der Waals surface area contributed by atoms with Gasteiger partial charge in [0, 0.05) is 12.7 Å². The molecule has 0 saturated carbocycles. The summed E-state index contributed by atoms with van der Waals surface area (Å²) in [7, 11) is 1.81. The van der Waals surface area contributed by atoms with Gasteiger partial charge in [-0.15, -0.1) is 0 Å². The van der Waals surface area contributed by atoms with E-state index in [0.29, 0.717) is 10.8 Å². The molecule has 0 aliphatic heterocycles. The van der Waals surface area contributed by atoms with Crippen molar-refractivity contribution >= 4 is 32.6 Å². The van der Waals surface area contributed by atoms with E-state index in [1.54, 1.807) is 10.7 Å². The minimum Gasteiger partial charge on any atom is -0.296 e. The average Bonchev–Trinajstić information content (AvgIpc) is 2.93. The molecular formula is C14H14N4OS. The second kappa shape index (κ2) is 4.72. The third-order valence-corrected chi connectivity index (χ3v) is 4.04. The second-order valence-electron chi connectivity index (χ2n) is 4.74. The maximum absolute atomic E-state index is 12.1. The van der Waals surface area contributed by atoms with Gasteiger partial charge in [0.05, 0.1) is 10.2 Å². The summed E-state index contributed by atoms with van der Waals surface area (Å²) in [5.74, 6) is -0.232. The SMILES string of the molecule is Cc1ccc2nc(NC(=O)c3cc(C)n(C)n3)sc2c1. The molecular weight excluding hydrogens is 272 g/mol. The first-order valence-corrected chi connectivity index (χ1v) is 7.04. The summed E-state index contributed by atoms with van der Waals surface area (Å²) < 4.78 is 2.74. The quantitative estimate of drug-likeness (QED) is 0.788. The molecule has 3 aromatic rings. The molecule has 0 bridgehead atoms. The van der Waals surface area contributed by atoms with Gasteiger partial charge >= 0.3 is 0 Å². The Hall–Kier alpha value is -2.21. The van der Waals surface area contributed by atoms with Gasteiger partial charge in [0.15, 0.2) is 10.8 Å². The predicted molar refractivity (Wildman–Crippen MR) is 80.3 cm³/mol. The van der Waals surface area contributed by atoms with Crippen molar-refractivity contribution in [2.45, 2.75) is 13.8 Å². The third kappa shape index (κ3) is 2.30. The molecule has 2 heterocycles. The topological polar surface area (TPSA) is 59.8 Å². The summed E-state index contributed by atoms with van der Waals surface area (Å²) >= 11 is 1.47. The van der Waals surface area contributed by atoms with Crippen molar-refractivity contribution in [3.63, 3.8) is 0 Å². The minimum absolute atomic E-state index is 0.232. The lowest BCUT2D eigenvalue weighted by atomic mass is 10.2.